The predicted octanol–water partition coefficient (Wildman–Crippen LogP) is 0.483. The zero-order valence-electron chi connectivity index (χ0n) is 8.90. The summed E-state index contributed by atoms with van der Waals surface area (Å²) in [6, 6.07) is 0.389. The highest BCUT2D eigenvalue weighted by atomic mass is 16.5. The molecular formula is C9H16N2O2. The fraction of sp³-hybridized carbons (Fsp3) is 0.889. The molecule has 2 aliphatic rings. The lowest BCUT2D eigenvalue weighted by atomic mass is 10.2. The van der Waals surface area contributed by atoms with Gasteiger partial charge in [0.2, 0.25) is 0 Å². The average molecular weight is 185 g/mol. The van der Waals surface area contributed by atoms with E-state index in [-0.39, 0.29) is 0 Å². The van der Waals surface area contributed by atoms with Crippen LogP contribution in [0.1, 0.15) is 14.2 Å². The molecule has 0 spiro atoms. The summed E-state index contributed by atoms with van der Waals surface area (Å²) in [6.07, 6.45) is 2.29. The van der Waals surface area contributed by atoms with Crippen LogP contribution in [0.5, 0.6) is 0 Å². The number of hydrogen-bond donors (Lipinski definition) is 0. The second-order valence-corrected chi connectivity index (χ2v) is 3.43. The molecule has 0 saturated carbocycles. The summed E-state index contributed by atoms with van der Waals surface area (Å²) in [5.41, 5.74) is 0.841. The Bertz CT molecular complexity index is 235. The van der Waals surface area contributed by atoms with E-state index in [9.17, 15) is 0 Å². The molecule has 74 valence electrons. The van der Waals surface area contributed by atoms with Crippen LogP contribution in [-0.4, -0.2) is 50.2 Å². The highest BCUT2D eigenvalue weighted by Crippen LogP contribution is 2.18. The standard InChI is InChI=1S/C9H16N2O2/c1-12-7-9-3-2-4-11(9)10-8-5-13-6-8/h9H,2-7H2,1H3/t9-/m0/s1/i5D/b10-8+/t5?,9-. The van der Waals surface area contributed by atoms with Gasteiger partial charge in [-0.15, -0.1) is 0 Å². The second-order valence-electron chi connectivity index (χ2n) is 3.43. The maximum atomic E-state index is 7.39. The zero-order chi connectivity index (χ0) is 9.97. The molecule has 2 rings (SSSR count). The Morgan fingerprint density at radius 1 is 1.85 bits per heavy atom. The highest BCUT2D eigenvalue weighted by Gasteiger charge is 2.24. The van der Waals surface area contributed by atoms with Gasteiger partial charge >= 0.3 is 0 Å². The summed E-state index contributed by atoms with van der Waals surface area (Å²) < 4.78 is 17.4. The first-order valence-electron chi connectivity index (χ1n) is 5.26. The van der Waals surface area contributed by atoms with Gasteiger partial charge < -0.3 is 9.47 Å². The predicted molar refractivity (Wildman–Crippen MR) is 49.9 cm³/mol. The van der Waals surface area contributed by atoms with E-state index in [0.29, 0.717) is 12.6 Å². The van der Waals surface area contributed by atoms with Crippen LogP contribution in [-0.2, 0) is 9.47 Å². The third-order valence-corrected chi connectivity index (χ3v) is 2.41. The van der Waals surface area contributed by atoms with Crippen molar-refractivity contribution < 1.29 is 10.8 Å². The van der Waals surface area contributed by atoms with E-state index < -0.39 is 6.58 Å². The minimum Gasteiger partial charge on any atom is -0.382 e. The van der Waals surface area contributed by atoms with Gasteiger partial charge in [0.25, 0.3) is 0 Å². The summed E-state index contributed by atoms with van der Waals surface area (Å²) in [7, 11) is 1.71. The highest BCUT2D eigenvalue weighted by molar-refractivity contribution is 5.90. The summed E-state index contributed by atoms with van der Waals surface area (Å²) in [6.45, 7) is 1.69. The molecule has 2 atom stereocenters. The lowest BCUT2D eigenvalue weighted by Crippen LogP contribution is -2.35. The van der Waals surface area contributed by atoms with Crippen molar-refractivity contribution in [1.29, 1.82) is 0 Å². The van der Waals surface area contributed by atoms with Crippen LogP contribution in [0, 0.1) is 0 Å². The number of methoxy groups -OCH3 is 1. The molecule has 2 aliphatic heterocycles. The summed E-state index contributed by atoms with van der Waals surface area (Å²) in [5, 5.41) is 6.46. The van der Waals surface area contributed by atoms with Gasteiger partial charge in [-0.3, -0.25) is 5.01 Å². The van der Waals surface area contributed by atoms with Crippen LogP contribution >= 0.6 is 0 Å². The van der Waals surface area contributed by atoms with Gasteiger partial charge in [-0.05, 0) is 12.8 Å². The number of ether oxygens (including phenoxy) is 2. The number of rotatable bonds is 3. The second kappa shape index (κ2) is 4.07. The minimum absolute atomic E-state index is 0.389. The lowest BCUT2D eigenvalue weighted by molar-refractivity contribution is 0.110. The number of hydrazone groups is 1. The third kappa shape index (κ3) is 2.00. The molecule has 2 saturated heterocycles. The molecule has 0 bridgehead atoms. The molecule has 4 nitrogen and oxygen atoms in total. The van der Waals surface area contributed by atoms with Gasteiger partial charge in [0.1, 0.15) is 0 Å². The van der Waals surface area contributed by atoms with Crippen LogP contribution in [0.4, 0.5) is 0 Å². The van der Waals surface area contributed by atoms with Crippen molar-refractivity contribution in [3.8, 4) is 0 Å². The Hall–Kier alpha value is -0.610. The molecule has 13 heavy (non-hydrogen) atoms. The van der Waals surface area contributed by atoms with Crippen LogP contribution in [0.15, 0.2) is 5.10 Å². The summed E-state index contributed by atoms with van der Waals surface area (Å²) in [4.78, 5) is 0. The molecule has 0 aromatic heterocycles. The van der Waals surface area contributed by atoms with Crippen molar-refractivity contribution in [2.45, 2.75) is 18.9 Å². The van der Waals surface area contributed by atoms with E-state index in [1.165, 1.54) is 0 Å². The Morgan fingerprint density at radius 2 is 2.77 bits per heavy atom. The van der Waals surface area contributed by atoms with Gasteiger partial charge in [-0.1, -0.05) is 0 Å². The fourth-order valence-electron chi connectivity index (χ4n) is 1.69. The Kier molecular flexibility index (Phi) is 2.43. The van der Waals surface area contributed by atoms with E-state index >= 15 is 0 Å². The van der Waals surface area contributed by atoms with Crippen molar-refractivity contribution in [1.82, 2.24) is 5.01 Å². The smallest absolute Gasteiger partial charge is 0.0895 e. The number of hydrogen-bond acceptors (Lipinski definition) is 4. The minimum atomic E-state index is -0.529. The van der Waals surface area contributed by atoms with E-state index in [4.69, 9.17) is 10.8 Å². The van der Waals surface area contributed by atoms with Gasteiger partial charge in [0, 0.05) is 13.7 Å². The first-order valence-corrected chi connectivity index (χ1v) is 4.68. The molecule has 0 aromatic rings. The Balaban J connectivity index is 1.92. The van der Waals surface area contributed by atoms with E-state index in [0.717, 1.165) is 31.7 Å². The molecule has 0 aromatic carbocycles. The number of nitrogens with zero attached hydrogens (tertiary/aromatic N) is 2. The van der Waals surface area contributed by atoms with E-state index in [1.807, 2.05) is 5.01 Å². The molecule has 2 heterocycles. The molecular weight excluding hydrogens is 168 g/mol. The van der Waals surface area contributed by atoms with Gasteiger partial charge in [0.15, 0.2) is 0 Å². The topological polar surface area (TPSA) is 34.1 Å². The van der Waals surface area contributed by atoms with Crippen molar-refractivity contribution in [3.05, 3.63) is 0 Å². The van der Waals surface area contributed by atoms with Crippen LogP contribution in [0.2, 0.25) is 0 Å². The fourth-order valence-corrected chi connectivity index (χ4v) is 1.69. The van der Waals surface area contributed by atoms with Crippen molar-refractivity contribution >= 4 is 5.71 Å². The van der Waals surface area contributed by atoms with E-state index in [1.54, 1.807) is 7.11 Å². The summed E-state index contributed by atoms with van der Waals surface area (Å²) in [5.74, 6) is 0. The lowest BCUT2D eigenvalue weighted by Gasteiger charge is -2.25. The van der Waals surface area contributed by atoms with Crippen LogP contribution < -0.4 is 0 Å². The molecule has 0 radical (unpaired) electrons. The Morgan fingerprint density at radius 3 is 3.38 bits per heavy atom. The van der Waals surface area contributed by atoms with Crippen LogP contribution in [0.3, 0.4) is 0 Å². The monoisotopic (exact) mass is 185 g/mol. The molecule has 1 unspecified atom stereocenters. The summed E-state index contributed by atoms with van der Waals surface area (Å²) >= 11 is 0. The SMILES string of the molecule is [2H]C1OC/C1=N/N1CCC[C@H]1COC. The normalized spacial score (nSPS) is 37.8. The first-order chi connectivity index (χ1) is 6.81. The average Bonchev–Trinajstić information content (AvgIpc) is 2.60. The third-order valence-electron chi connectivity index (χ3n) is 2.41. The van der Waals surface area contributed by atoms with Crippen molar-refractivity contribution in [2.75, 3.05) is 33.5 Å². The maximum absolute atomic E-state index is 7.39. The van der Waals surface area contributed by atoms with Gasteiger partial charge in [-0.25, -0.2) is 0 Å². The molecule has 0 aliphatic carbocycles. The molecule has 2 fully saturated rings. The zero-order valence-corrected chi connectivity index (χ0v) is 7.90. The van der Waals surface area contributed by atoms with Gasteiger partial charge in [0.05, 0.1) is 32.9 Å². The maximum Gasteiger partial charge on any atom is 0.0895 e. The van der Waals surface area contributed by atoms with E-state index in [2.05, 4.69) is 5.10 Å². The molecule has 4 heteroatoms. The van der Waals surface area contributed by atoms with Crippen LogP contribution in [0.25, 0.3) is 0 Å². The van der Waals surface area contributed by atoms with Gasteiger partial charge in [-0.2, -0.15) is 5.10 Å². The van der Waals surface area contributed by atoms with Crippen molar-refractivity contribution in [2.24, 2.45) is 5.10 Å². The van der Waals surface area contributed by atoms with Crippen molar-refractivity contribution in [3.63, 3.8) is 0 Å². The Labute approximate surface area is 79.9 Å². The quantitative estimate of drug-likeness (QED) is 0.641. The molecule has 0 amide bonds. The first kappa shape index (κ1) is 7.76. The largest absolute Gasteiger partial charge is 0.382 e. The molecule has 0 N–H and O–H groups in total.